The fraction of sp³-hybridized carbons (Fsp3) is 0.222. The van der Waals surface area contributed by atoms with E-state index in [-0.39, 0.29) is 0 Å². The molecule has 2 rings (SSSR count). The minimum atomic E-state index is -0.780. The fourth-order valence-corrected chi connectivity index (χ4v) is 2.16. The molecule has 5 heteroatoms. The first-order chi connectivity index (χ1) is 10.9. The van der Waals surface area contributed by atoms with E-state index < -0.39 is 18.0 Å². The number of carbonyl (C=O) groups excluding carboxylic acids is 2. The van der Waals surface area contributed by atoms with Crippen molar-refractivity contribution in [3.8, 4) is 5.75 Å². The lowest BCUT2D eigenvalue weighted by atomic mass is 10.1. The molecule has 0 aromatic heterocycles. The van der Waals surface area contributed by atoms with Gasteiger partial charge in [0.25, 0.3) is 5.91 Å². The summed E-state index contributed by atoms with van der Waals surface area (Å²) >= 11 is 0. The van der Waals surface area contributed by atoms with E-state index in [1.807, 2.05) is 38.1 Å². The maximum Gasteiger partial charge on any atom is 0.325 e. The number of para-hydroxylation sites is 1. The Morgan fingerprint density at radius 3 is 2.22 bits per heavy atom. The zero-order chi connectivity index (χ0) is 16.8. The molecule has 0 spiro atoms. The summed E-state index contributed by atoms with van der Waals surface area (Å²) in [5, 5.41) is 4.85. The van der Waals surface area contributed by atoms with Crippen LogP contribution in [-0.4, -0.2) is 18.0 Å². The maximum atomic E-state index is 12.0. The summed E-state index contributed by atoms with van der Waals surface area (Å²) in [6.45, 7) is 5.51. The van der Waals surface area contributed by atoms with Crippen LogP contribution < -0.4 is 15.4 Å². The van der Waals surface area contributed by atoms with Crippen LogP contribution in [0.4, 0.5) is 10.5 Å². The van der Waals surface area contributed by atoms with E-state index >= 15 is 0 Å². The number of ether oxygens (including phenoxy) is 1. The zero-order valence-electron chi connectivity index (χ0n) is 13.4. The van der Waals surface area contributed by atoms with E-state index in [9.17, 15) is 9.59 Å². The number of benzene rings is 2. The van der Waals surface area contributed by atoms with Crippen LogP contribution in [0.1, 0.15) is 18.1 Å². The number of hydrogen-bond acceptors (Lipinski definition) is 3. The number of anilines is 1. The molecule has 23 heavy (non-hydrogen) atoms. The number of rotatable bonds is 4. The minimum Gasteiger partial charge on any atom is -0.481 e. The zero-order valence-corrected chi connectivity index (χ0v) is 13.4. The second kappa shape index (κ2) is 7.45. The molecule has 0 aliphatic heterocycles. The van der Waals surface area contributed by atoms with Gasteiger partial charge in [0.1, 0.15) is 5.75 Å². The number of imide groups is 1. The molecule has 0 fully saturated rings. The van der Waals surface area contributed by atoms with Crippen molar-refractivity contribution in [1.82, 2.24) is 5.32 Å². The van der Waals surface area contributed by atoms with Gasteiger partial charge < -0.3 is 10.1 Å². The maximum absolute atomic E-state index is 12.0. The van der Waals surface area contributed by atoms with Crippen LogP contribution in [0, 0.1) is 13.8 Å². The Bertz CT molecular complexity index is 678. The van der Waals surface area contributed by atoms with Gasteiger partial charge in [0.05, 0.1) is 0 Å². The average molecular weight is 312 g/mol. The van der Waals surface area contributed by atoms with Crippen LogP contribution in [0.2, 0.25) is 0 Å². The van der Waals surface area contributed by atoms with E-state index in [0.29, 0.717) is 11.4 Å². The van der Waals surface area contributed by atoms with Crippen LogP contribution in [0.25, 0.3) is 0 Å². The molecule has 2 aromatic carbocycles. The van der Waals surface area contributed by atoms with Crippen molar-refractivity contribution in [1.29, 1.82) is 0 Å². The molecule has 0 bridgehead atoms. The predicted molar refractivity (Wildman–Crippen MR) is 89.6 cm³/mol. The number of hydrogen-bond donors (Lipinski definition) is 2. The Morgan fingerprint density at radius 1 is 1.00 bits per heavy atom. The van der Waals surface area contributed by atoms with E-state index in [2.05, 4.69) is 10.6 Å². The van der Waals surface area contributed by atoms with Crippen molar-refractivity contribution in [2.75, 3.05) is 5.32 Å². The Labute approximate surface area is 135 Å². The van der Waals surface area contributed by atoms with Gasteiger partial charge in [-0.25, -0.2) is 4.79 Å². The van der Waals surface area contributed by atoms with Gasteiger partial charge in [0.2, 0.25) is 0 Å². The van der Waals surface area contributed by atoms with E-state index in [0.717, 1.165) is 11.1 Å². The second-order valence-electron chi connectivity index (χ2n) is 5.39. The van der Waals surface area contributed by atoms with Gasteiger partial charge in [-0.15, -0.1) is 0 Å². The third kappa shape index (κ3) is 5.14. The van der Waals surface area contributed by atoms with Gasteiger partial charge >= 0.3 is 6.03 Å². The van der Waals surface area contributed by atoms with Crippen molar-refractivity contribution in [3.63, 3.8) is 0 Å². The number of urea groups is 1. The molecule has 0 radical (unpaired) electrons. The summed E-state index contributed by atoms with van der Waals surface area (Å²) in [6, 6.07) is 14.0. The van der Waals surface area contributed by atoms with E-state index in [4.69, 9.17) is 4.74 Å². The lowest BCUT2D eigenvalue weighted by Gasteiger charge is -2.15. The van der Waals surface area contributed by atoms with Gasteiger partial charge in [-0.1, -0.05) is 24.3 Å². The van der Waals surface area contributed by atoms with Crippen LogP contribution in [0.5, 0.6) is 5.75 Å². The summed E-state index contributed by atoms with van der Waals surface area (Å²) in [5.41, 5.74) is 2.71. The predicted octanol–water partition coefficient (Wildman–Crippen LogP) is 3.42. The topological polar surface area (TPSA) is 67.4 Å². The van der Waals surface area contributed by atoms with E-state index in [1.165, 1.54) is 0 Å². The quantitative estimate of drug-likeness (QED) is 0.909. The molecule has 1 atom stereocenters. The van der Waals surface area contributed by atoms with Crippen molar-refractivity contribution in [2.24, 2.45) is 0 Å². The number of nitrogens with one attached hydrogen (secondary N) is 2. The number of amides is 3. The molecule has 3 amide bonds. The van der Waals surface area contributed by atoms with Crippen molar-refractivity contribution < 1.29 is 14.3 Å². The molecule has 0 saturated carbocycles. The summed E-state index contributed by atoms with van der Waals surface area (Å²) in [6.07, 6.45) is -0.780. The molecule has 2 N–H and O–H groups in total. The minimum absolute atomic E-state index is 0.502. The summed E-state index contributed by atoms with van der Waals surface area (Å²) in [4.78, 5) is 23.8. The molecular weight excluding hydrogens is 292 g/mol. The Balaban J connectivity index is 1.90. The molecule has 0 saturated heterocycles. The Morgan fingerprint density at radius 2 is 1.61 bits per heavy atom. The van der Waals surface area contributed by atoms with Crippen LogP contribution in [-0.2, 0) is 4.79 Å². The first-order valence-corrected chi connectivity index (χ1v) is 7.36. The summed E-state index contributed by atoms with van der Waals surface area (Å²) < 4.78 is 5.60. The molecular formula is C18H20N2O3. The van der Waals surface area contributed by atoms with Crippen molar-refractivity contribution >= 4 is 17.6 Å². The van der Waals surface area contributed by atoms with Crippen molar-refractivity contribution in [2.45, 2.75) is 26.9 Å². The SMILES string of the molecule is Cc1cc(C)cc(O[C@@H](C)C(=O)NC(=O)Nc2ccccc2)c1. The summed E-state index contributed by atoms with van der Waals surface area (Å²) in [5.74, 6) is 0.103. The third-order valence-corrected chi connectivity index (χ3v) is 3.15. The molecule has 0 heterocycles. The van der Waals surface area contributed by atoms with Crippen molar-refractivity contribution in [3.05, 3.63) is 59.7 Å². The lowest BCUT2D eigenvalue weighted by Crippen LogP contribution is -2.42. The Hall–Kier alpha value is -2.82. The smallest absolute Gasteiger partial charge is 0.325 e. The average Bonchev–Trinajstić information content (AvgIpc) is 2.46. The van der Waals surface area contributed by atoms with Crippen LogP contribution >= 0.6 is 0 Å². The lowest BCUT2D eigenvalue weighted by molar-refractivity contribution is -0.126. The second-order valence-corrected chi connectivity index (χ2v) is 5.39. The molecule has 5 nitrogen and oxygen atoms in total. The van der Waals surface area contributed by atoms with Gasteiger partial charge in [-0.2, -0.15) is 0 Å². The summed E-state index contributed by atoms with van der Waals surface area (Å²) in [7, 11) is 0. The monoisotopic (exact) mass is 312 g/mol. The fourth-order valence-electron chi connectivity index (χ4n) is 2.16. The van der Waals surface area contributed by atoms with Gasteiger partial charge in [-0.05, 0) is 56.2 Å². The molecule has 0 unspecified atom stereocenters. The highest BCUT2D eigenvalue weighted by atomic mass is 16.5. The van der Waals surface area contributed by atoms with Gasteiger partial charge in [0.15, 0.2) is 6.10 Å². The van der Waals surface area contributed by atoms with Gasteiger partial charge in [-0.3, -0.25) is 10.1 Å². The first kappa shape index (κ1) is 16.5. The number of aryl methyl sites for hydroxylation is 2. The Kier molecular flexibility index (Phi) is 5.36. The standard InChI is InChI=1S/C18H20N2O3/c1-12-9-13(2)11-16(10-12)23-14(3)17(21)20-18(22)19-15-7-5-4-6-8-15/h4-11,14H,1-3H3,(H2,19,20,21,22)/t14-/m0/s1. The normalized spacial score (nSPS) is 11.4. The highest BCUT2D eigenvalue weighted by molar-refractivity contribution is 6.02. The number of carbonyl (C=O) groups is 2. The highest BCUT2D eigenvalue weighted by Gasteiger charge is 2.17. The molecule has 0 aliphatic carbocycles. The van der Waals surface area contributed by atoms with Gasteiger partial charge in [0, 0.05) is 5.69 Å². The largest absolute Gasteiger partial charge is 0.481 e. The van der Waals surface area contributed by atoms with Crippen LogP contribution in [0.15, 0.2) is 48.5 Å². The van der Waals surface area contributed by atoms with E-state index in [1.54, 1.807) is 31.2 Å². The third-order valence-electron chi connectivity index (χ3n) is 3.15. The van der Waals surface area contributed by atoms with Crippen LogP contribution in [0.3, 0.4) is 0 Å². The first-order valence-electron chi connectivity index (χ1n) is 7.36. The molecule has 120 valence electrons. The molecule has 2 aromatic rings. The molecule has 0 aliphatic rings. The highest BCUT2D eigenvalue weighted by Crippen LogP contribution is 2.17.